The van der Waals surface area contributed by atoms with Crippen LogP contribution in [0.3, 0.4) is 0 Å². The van der Waals surface area contributed by atoms with Gasteiger partial charge in [0.1, 0.15) is 6.04 Å². The molecule has 1 N–H and O–H groups in total. The van der Waals surface area contributed by atoms with Gasteiger partial charge in [0, 0.05) is 32.7 Å². The van der Waals surface area contributed by atoms with Crippen LogP contribution in [0.2, 0.25) is 0 Å². The number of sulfonamides is 1. The topological polar surface area (TPSA) is 69.7 Å². The van der Waals surface area contributed by atoms with E-state index in [2.05, 4.69) is 5.32 Å². The van der Waals surface area contributed by atoms with Crippen LogP contribution in [0, 0.1) is 0 Å². The van der Waals surface area contributed by atoms with Crippen molar-refractivity contribution in [3.05, 3.63) is 0 Å². The second-order valence-corrected chi connectivity index (χ2v) is 9.11. The average molecular weight is 303 g/mol. The minimum atomic E-state index is -3.44. The van der Waals surface area contributed by atoms with Gasteiger partial charge in [-0.05, 0) is 33.6 Å². The van der Waals surface area contributed by atoms with Crippen LogP contribution in [-0.2, 0) is 14.8 Å². The number of carbonyl (C=O) groups is 1. The van der Waals surface area contributed by atoms with Crippen molar-refractivity contribution in [1.82, 2.24) is 14.5 Å². The van der Waals surface area contributed by atoms with E-state index in [1.54, 1.807) is 25.7 Å². The van der Waals surface area contributed by atoms with Crippen molar-refractivity contribution in [2.24, 2.45) is 0 Å². The summed E-state index contributed by atoms with van der Waals surface area (Å²) in [4.78, 5) is 14.4. The quantitative estimate of drug-likeness (QED) is 0.780. The first kappa shape index (κ1) is 15.7. The summed E-state index contributed by atoms with van der Waals surface area (Å²) < 4.78 is 25.8. The smallest absolute Gasteiger partial charge is 0.241 e. The number of rotatable bonds is 2. The van der Waals surface area contributed by atoms with Gasteiger partial charge in [-0.25, -0.2) is 8.42 Å². The van der Waals surface area contributed by atoms with Crippen LogP contribution in [0.5, 0.6) is 0 Å². The van der Waals surface area contributed by atoms with E-state index in [1.165, 1.54) is 4.31 Å². The molecule has 0 spiro atoms. The molecule has 6 nitrogen and oxygen atoms in total. The summed E-state index contributed by atoms with van der Waals surface area (Å²) in [7, 11) is -3.44. The zero-order valence-corrected chi connectivity index (χ0v) is 13.4. The van der Waals surface area contributed by atoms with Crippen LogP contribution in [0.15, 0.2) is 0 Å². The lowest BCUT2D eigenvalue weighted by Gasteiger charge is -2.35. The number of piperazine rings is 1. The molecule has 1 unspecified atom stereocenters. The van der Waals surface area contributed by atoms with Gasteiger partial charge in [-0.3, -0.25) is 4.79 Å². The molecule has 0 aromatic heterocycles. The van der Waals surface area contributed by atoms with Crippen LogP contribution in [-0.4, -0.2) is 67.0 Å². The first-order valence-corrected chi connectivity index (χ1v) is 8.70. The molecule has 0 aliphatic carbocycles. The molecule has 2 aliphatic rings. The summed E-state index contributed by atoms with van der Waals surface area (Å²) in [6.07, 6.45) is 1.40. The largest absolute Gasteiger partial charge is 0.339 e. The third-order valence-corrected chi connectivity index (χ3v) is 6.60. The Kier molecular flexibility index (Phi) is 4.41. The van der Waals surface area contributed by atoms with E-state index < -0.39 is 20.8 Å². The second kappa shape index (κ2) is 5.61. The van der Waals surface area contributed by atoms with Crippen LogP contribution in [0.4, 0.5) is 0 Å². The van der Waals surface area contributed by atoms with E-state index in [0.29, 0.717) is 26.1 Å². The zero-order chi connectivity index (χ0) is 15.0. The highest BCUT2D eigenvalue weighted by molar-refractivity contribution is 7.90. The SMILES string of the molecule is CC(C)(C)S(=O)(=O)N1CCCC1C(=O)N1CCNCC1. The lowest BCUT2D eigenvalue weighted by molar-refractivity contribution is -0.135. The Morgan fingerprint density at radius 1 is 1.15 bits per heavy atom. The molecule has 1 amide bonds. The van der Waals surface area contributed by atoms with E-state index in [1.807, 2.05) is 0 Å². The number of carbonyl (C=O) groups excluding carboxylic acids is 1. The van der Waals surface area contributed by atoms with Gasteiger partial charge in [0.05, 0.1) is 4.75 Å². The van der Waals surface area contributed by atoms with Gasteiger partial charge in [-0.1, -0.05) is 0 Å². The molecule has 20 heavy (non-hydrogen) atoms. The molecule has 0 bridgehead atoms. The predicted molar refractivity (Wildman–Crippen MR) is 77.9 cm³/mol. The third kappa shape index (κ3) is 2.84. The van der Waals surface area contributed by atoms with Gasteiger partial charge in [0.15, 0.2) is 0 Å². The minimum Gasteiger partial charge on any atom is -0.339 e. The Bertz CT molecular complexity index is 464. The predicted octanol–water partition coefficient (Wildman–Crippen LogP) is 0.0109. The standard InChI is InChI=1S/C13H25N3O3S/c1-13(2,3)20(18,19)16-8-4-5-11(16)12(17)15-9-6-14-7-10-15/h11,14H,4-10H2,1-3H3. The molecular formula is C13H25N3O3S. The Balaban J connectivity index is 2.17. The first-order chi connectivity index (χ1) is 9.25. The highest BCUT2D eigenvalue weighted by atomic mass is 32.2. The maximum absolute atomic E-state index is 12.6. The monoisotopic (exact) mass is 303 g/mol. The van der Waals surface area contributed by atoms with Crippen molar-refractivity contribution in [2.75, 3.05) is 32.7 Å². The van der Waals surface area contributed by atoms with Crippen LogP contribution in [0.1, 0.15) is 33.6 Å². The Morgan fingerprint density at radius 2 is 1.75 bits per heavy atom. The van der Waals surface area contributed by atoms with Gasteiger partial charge in [0.25, 0.3) is 0 Å². The normalized spacial score (nSPS) is 25.9. The summed E-state index contributed by atoms with van der Waals surface area (Å²) in [6.45, 7) is 8.42. The maximum atomic E-state index is 12.6. The van der Waals surface area contributed by atoms with Gasteiger partial charge < -0.3 is 10.2 Å². The molecule has 116 valence electrons. The molecule has 7 heteroatoms. The third-order valence-electron chi connectivity index (χ3n) is 4.00. The van der Waals surface area contributed by atoms with E-state index >= 15 is 0 Å². The highest BCUT2D eigenvalue weighted by Gasteiger charge is 2.45. The average Bonchev–Trinajstić information content (AvgIpc) is 2.87. The summed E-state index contributed by atoms with van der Waals surface area (Å²) in [5.41, 5.74) is 0. The number of amides is 1. The van der Waals surface area contributed by atoms with Crippen LogP contribution in [0.25, 0.3) is 0 Å². The molecular weight excluding hydrogens is 278 g/mol. The van der Waals surface area contributed by atoms with Gasteiger partial charge >= 0.3 is 0 Å². The lowest BCUT2D eigenvalue weighted by atomic mass is 10.2. The van der Waals surface area contributed by atoms with E-state index in [-0.39, 0.29) is 5.91 Å². The molecule has 0 aromatic rings. The Morgan fingerprint density at radius 3 is 2.30 bits per heavy atom. The fourth-order valence-corrected chi connectivity index (χ4v) is 4.33. The summed E-state index contributed by atoms with van der Waals surface area (Å²) in [6, 6.07) is -0.502. The zero-order valence-electron chi connectivity index (χ0n) is 12.6. The van der Waals surface area contributed by atoms with Crippen molar-refractivity contribution in [3.63, 3.8) is 0 Å². The van der Waals surface area contributed by atoms with Crippen LogP contribution < -0.4 is 5.32 Å². The molecule has 0 aromatic carbocycles. The van der Waals surface area contributed by atoms with E-state index in [0.717, 1.165) is 19.5 Å². The highest BCUT2D eigenvalue weighted by Crippen LogP contribution is 2.29. The van der Waals surface area contributed by atoms with Gasteiger partial charge in [-0.2, -0.15) is 4.31 Å². The van der Waals surface area contributed by atoms with E-state index in [9.17, 15) is 13.2 Å². The molecule has 2 fully saturated rings. The maximum Gasteiger partial charge on any atom is 0.241 e. The molecule has 2 heterocycles. The van der Waals surface area contributed by atoms with E-state index in [4.69, 9.17) is 0 Å². The number of hydrogen-bond donors (Lipinski definition) is 1. The van der Waals surface area contributed by atoms with Crippen LogP contribution >= 0.6 is 0 Å². The fourth-order valence-electron chi connectivity index (χ4n) is 2.72. The van der Waals surface area contributed by atoms with Gasteiger partial charge in [0.2, 0.25) is 15.9 Å². The van der Waals surface area contributed by atoms with Crippen molar-refractivity contribution in [3.8, 4) is 0 Å². The summed E-state index contributed by atoms with van der Waals surface area (Å²) >= 11 is 0. The number of nitrogens with one attached hydrogen (secondary N) is 1. The number of hydrogen-bond acceptors (Lipinski definition) is 4. The fraction of sp³-hybridized carbons (Fsp3) is 0.923. The minimum absolute atomic E-state index is 0.0307. The molecule has 0 saturated carbocycles. The lowest BCUT2D eigenvalue weighted by Crippen LogP contribution is -2.55. The second-order valence-electron chi connectivity index (χ2n) is 6.46. The van der Waals surface area contributed by atoms with Crippen molar-refractivity contribution < 1.29 is 13.2 Å². The molecule has 0 radical (unpaired) electrons. The molecule has 2 saturated heterocycles. The van der Waals surface area contributed by atoms with Crippen molar-refractivity contribution >= 4 is 15.9 Å². The Labute approximate surface area is 121 Å². The summed E-state index contributed by atoms with van der Waals surface area (Å²) in [5.74, 6) is -0.0307. The summed E-state index contributed by atoms with van der Waals surface area (Å²) in [5, 5.41) is 3.20. The van der Waals surface area contributed by atoms with Crippen molar-refractivity contribution in [2.45, 2.75) is 44.4 Å². The van der Waals surface area contributed by atoms with Crippen molar-refractivity contribution in [1.29, 1.82) is 0 Å². The Hall–Kier alpha value is -0.660. The first-order valence-electron chi connectivity index (χ1n) is 7.26. The molecule has 2 rings (SSSR count). The molecule has 1 atom stereocenters. The number of nitrogens with zero attached hydrogens (tertiary/aromatic N) is 2. The molecule has 2 aliphatic heterocycles. The van der Waals surface area contributed by atoms with Gasteiger partial charge in [-0.15, -0.1) is 0 Å².